The minimum absolute atomic E-state index is 0.0113. The summed E-state index contributed by atoms with van der Waals surface area (Å²) >= 11 is 0. The molecule has 0 saturated heterocycles. The third-order valence-corrected chi connectivity index (χ3v) is 4.18. The predicted octanol–water partition coefficient (Wildman–Crippen LogP) is 3.58. The molecule has 0 bridgehead atoms. The fraction of sp³-hybridized carbons (Fsp3) is 0.263. The Labute approximate surface area is 141 Å². The van der Waals surface area contributed by atoms with E-state index in [9.17, 15) is 4.79 Å². The number of aliphatic imine (C=N–C) groups is 1. The molecule has 0 spiro atoms. The number of benzene rings is 2. The number of methoxy groups -OCH3 is 2. The van der Waals surface area contributed by atoms with Gasteiger partial charge in [0.2, 0.25) is 5.91 Å². The van der Waals surface area contributed by atoms with Crippen LogP contribution in [0.4, 0.5) is 11.4 Å². The van der Waals surface area contributed by atoms with Gasteiger partial charge in [-0.15, -0.1) is 0 Å². The standard InChI is InChI=1S/C19H20N2O3/c1-12-19(14-9-10-17(23-3)18(11-14)24-4)20-15-7-5-6-8-16(15)21(12)13(2)22/h5-12H,1-4H3. The summed E-state index contributed by atoms with van der Waals surface area (Å²) in [5.41, 5.74) is 3.35. The Morgan fingerprint density at radius 1 is 1.08 bits per heavy atom. The van der Waals surface area contributed by atoms with E-state index in [2.05, 4.69) is 0 Å². The second-order valence-electron chi connectivity index (χ2n) is 5.62. The van der Waals surface area contributed by atoms with Gasteiger partial charge in [-0.05, 0) is 37.3 Å². The molecule has 0 fully saturated rings. The predicted molar refractivity (Wildman–Crippen MR) is 94.8 cm³/mol. The van der Waals surface area contributed by atoms with Crippen LogP contribution in [0.15, 0.2) is 47.5 Å². The number of nitrogens with zero attached hydrogens (tertiary/aromatic N) is 2. The van der Waals surface area contributed by atoms with Gasteiger partial charge in [0.1, 0.15) is 0 Å². The first-order chi connectivity index (χ1) is 11.6. The molecule has 0 aromatic heterocycles. The first kappa shape index (κ1) is 16.1. The summed E-state index contributed by atoms with van der Waals surface area (Å²) in [4.78, 5) is 18.8. The second-order valence-corrected chi connectivity index (χ2v) is 5.62. The molecule has 0 saturated carbocycles. The van der Waals surface area contributed by atoms with Crippen LogP contribution in [0.1, 0.15) is 19.4 Å². The Balaban J connectivity index is 2.14. The largest absolute Gasteiger partial charge is 0.493 e. The molecule has 3 rings (SSSR count). The summed E-state index contributed by atoms with van der Waals surface area (Å²) in [6.07, 6.45) is 0. The van der Waals surface area contributed by atoms with Crippen LogP contribution in [0.5, 0.6) is 11.5 Å². The fourth-order valence-corrected chi connectivity index (χ4v) is 3.06. The average Bonchev–Trinajstić information content (AvgIpc) is 2.60. The van der Waals surface area contributed by atoms with Crippen molar-refractivity contribution >= 4 is 23.0 Å². The molecule has 2 aromatic rings. The lowest BCUT2D eigenvalue weighted by molar-refractivity contribution is -0.116. The van der Waals surface area contributed by atoms with Crippen LogP contribution in [0.2, 0.25) is 0 Å². The van der Waals surface area contributed by atoms with Crippen molar-refractivity contribution < 1.29 is 14.3 Å². The molecule has 0 N–H and O–H groups in total. The van der Waals surface area contributed by atoms with Crippen molar-refractivity contribution in [3.05, 3.63) is 48.0 Å². The maximum absolute atomic E-state index is 12.2. The van der Waals surface area contributed by atoms with Gasteiger partial charge in [0.25, 0.3) is 0 Å². The molecule has 1 aliphatic heterocycles. The van der Waals surface area contributed by atoms with Gasteiger partial charge in [-0.2, -0.15) is 0 Å². The van der Waals surface area contributed by atoms with E-state index >= 15 is 0 Å². The highest BCUT2D eigenvalue weighted by atomic mass is 16.5. The number of fused-ring (bicyclic) bond motifs is 1. The number of carbonyl (C=O) groups is 1. The normalized spacial score (nSPS) is 16.2. The number of carbonyl (C=O) groups excluding carboxylic acids is 1. The van der Waals surface area contributed by atoms with E-state index in [1.807, 2.05) is 49.4 Å². The van der Waals surface area contributed by atoms with Crippen LogP contribution < -0.4 is 14.4 Å². The molecule has 124 valence electrons. The van der Waals surface area contributed by atoms with Crippen molar-refractivity contribution in [2.45, 2.75) is 19.9 Å². The van der Waals surface area contributed by atoms with Crippen molar-refractivity contribution in [1.82, 2.24) is 0 Å². The van der Waals surface area contributed by atoms with Crippen LogP contribution >= 0.6 is 0 Å². The summed E-state index contributed by atoms with van der Waals surface area (Å²) in [5, 5.41) is 0. The number of ether oxygens (including phenoxy) is 2. The van der Waals surface area contributed by atoms with Crippen molar-refractivity contribution in [3.8, 4) is 11.5 Å². The summed E-state index contributed by atoms with van der Waals surface area (Å²) in [6, 6.07) is 13.2. The van der Waals surface area contributed by atoms with E-state index in [-0.39, 0.29) is 11.9 Å². The van der Waals surface area contributed by atoms with Gasteiger partial charge in [-0.25, -0.2) is 4.99 Å². The van der Waals surface area contributed by atoms with E-state index in [0.29, 0.717) is 11.5 Å². The highest BCUT2D eigenvalue weighted by Crippen LogP contribution is 2.37. The minimum Gasteiger partial charge on any atom is -0.493 e. The maximum atomic E-state index is 12.2. The third-order valence-electron chi connectivity index (χ3n) is 4.18. The van der Waals surface area contributed by atoms with Crippen molar-refractivity contribution in [3.63, 3.8) is 0 Å². The van der Waals surface area contributed by atoms with E-state index in [0.717, 1.165) is 22.6 Å². The van der Waals surface area contributed by atoms with Crippen molar-refractivity contribution in [2.24, 2.45) is 4.99 Å². The zero-order valence-corrected chi connectivity index (χ0v) is 14.2. The monoisotopic (exact) mass is 324 g/mol. The molecule has 5 nitrogen and oxygen atoms in total. The molecule has 1 heterocycles. The lowest BCUT2D eigenvalue weighted by Gasteiger charge is -2.34. The number of para-hydroxylation sites is 2. The zero-order chi connectivity index (χ0) is 17.3. The van der Waals surface area contributed by atoms with Crippen LogP contribution in [-0.4, -0.2) is 31.9 Å². The summed E-state index contributed by atoms with van der Waals surface area (Å²) in [5.74, 6) is 1.29. The summed E-state index contributed by atoms with van der Waals surface area (Å²) < 4.78 is 10.7. The van der Waals surface area contributed by atoms with Gasteiger partial charge in [0, 0.05) is 12.5 Å². The number of anilines is 1. The second kappa shape index (κ2) is 6.35. The van der Waals surface area contributed by atoms with Gasteiger partial charge in [-0.3, -0.25) is 4.79 Å². The number of hydrogen-bond donors (Lipinski definition) is 0. The van der Waals surface area contributed by atoms with E-state index < -0.39 is 0 Å². The quantitative estimate of drug-likeness (QED) is 0.867. The van der Waals surface area contributed by atoms with E-state index in [1.54, 1.807) is 26.0 Å². The van der Waals surface area contributed by atoms with E-state index in [4.69, 9.17) is 14.5 Å². The number of hydrogen-bond acceptors (Lipinski definition) is 4. The lowest BCUT2D eigenvalue weighted by atomic mass is 9.99. The topological polar surface area (TPSA) is 51.1 Å². The SMILES string of the molecule is COc1ccc(C2=Nc3ccccc3N(C(C)=O)C2C)cc1OC. The maximum Gasteiger partial charge on any atom is 0.224 e. The van der Waals surface area contributed by atoms with Crippen LogP contribution in [0.3, 0.4) is 0 Å². The molecule has 1 atom stereocenters. The zero-order valence-electron chi connectivity index (χ0n) is 14.2. The highest BCUT2D eigenvalue weighted by Gasteiger charge is 2.30. The van der Waals surface area contributed by atoms with Crippen molar-refractivity contribution in [2.75, 3.05) is 19.1 Å². The average molecular weight is 324 g/mol. The van der Waals surface area contributed by atoms with E-state index in [1.165, 1.54) is 0 Å². The number of amides is 1. The Bertz CT molecular complexity index is 814. The van der Waals surface area contributed by atoms with Gasteiger partial charge in [0.15, 0.2) is 11.5 Å². The highest BCUT2D eigenvalue weighted by molar-refractivity contribution is 6.14. The molecule has 1 unspecified atom stereocenters. The van der Waals surface area contributed by atoms with Crippen LogP contribution in [-0.2, 0) is 4.79 Å². The first-order valence-corrected chi connectivity index (χ1v) is 7.76. The van der Waals surface area contributed by atoms with Crippen LogP contribution in [0.25, 0.3) is 0 Å². The Kier molecular flexibility index (Phi) is 4.25. The summed E-state index contributed by atoms with van der Waals surface area (Å²) in [7, 11) is 3.21. The third kappa shape index (κ3) is 2.62. The molecule has 24 heavy (non-hydrogen) atoms. The fourth-order valence-electron chi connectivity index (χ4n) is 3.06. The molecule has 1 amide bonds. The van der Waals surface area contributed by atoms with Gasteiger partial charge in [-0.1, -0.05) is 12.1 Å². The van der Waals surface area contributed by atoms with Gasteiger partial charge >= 0.3 is 0 Å². The molecule has 0 aliphatic carbocycles. The molecular weight excluding hydrogens is 304 g/mol. The Morgan fingerprint density at radius 3 is 2.46 bits per heavy atom. The Morgan fingerprint density at radius 2 is 1.79 bits per heavy atom. The smallest absolute Gasteiger partial charge is 0.224 e. The Hall–Kier alpha value is -2.82. The molecule has 0 radical (unpaired) electrons. The van der Waals surface area contributed by atoms with Gasteiger partial charge in [0.05, 0.1) is 37.3 Å². The molecular formula is C19H20N2O3. The molecule has 5 heteroatoms. The summed E-state index contributed by atoms with van der Waals surface area (Å²) in [6.45, 7) is 3.55. The van der Waals surface area contributed by atoms with Crippen molar-refractivity contribution in [1.29, 1.82) is 0 Å². The molecule has 2 aromatic carbocycles. The van der Waals surface area contributed by atoms with Gasteiger partial charge < -0.3 is 14.4 Å². The minimum atomic E-state index is -0.171. The van der Waals surface area contributed by atoms with Crippen LogP contribution in [0, 0.1) is 0 Å². The first-order valence-electron chi connectivity index (χ1n) is 7.76. The number of rotatable bonds is 3. The lowest BCUT2D eigenvalue weighted by Crippen LogP contribution is -2.44. The molecule has 1 aliphatic rings.